The summed E-state index contributed by atoms with van der Waals surface area (Å²) in [6.45, 7) is 0. The molecule has 0 aliphatic heterocycles. The summed E-state index contributed by atoms with van der Waals surface area (Å²) in [6, 6.07) is 1.65. The van der Waals surface area contributed by atoms with Crippen LogP contribution >= 0.6 is 23.8 Å². The fourth-order valence-electron chi connectivity index (χ4n) is 0.785. The van der Waals surface area contributed by atoms with Crippen LogP contribution in [0.2, 0.25) is 5.02 Å². The third-order valence-corrected chi connectivity index (χ3v) is 1.66. The highest BCUT2D eigenvalue weighted by atomic mass is 35.5. The third kappa shape index (κ3) is 2.50. The van der Waals surface area contributed by atoms with Gasteiger partial charge in [0, 0.05) is 6.07 Å². The van der Waals surface area contributed by atoms with Crippen LogP contribution in [0.1, 0.15) is 0 Å². The van der Waals surface area contributed by atoms with Gasteiger partial charge in [-0.2, -0.15) is 0 Å². The van der Waals surface area contributed by atoms with Gasteiger partial charge in [0.05, 0.1) is 10.7 Å². The van der Waals surface area contributed by atoms with Crippen molar-refractivity contribution in [1.82, 2.24) is 0 Å². The first kappa shape index (κ1) is 10.1. The molecule has 0 aromatic heterocycles. The van der Waals surface area contributed by atoms with E-state index in [1.165, 1.54) is 0 Å². The number of halogens is 3. The van der Waals surface area contributed by atoms with Crippen molar-refractivity contribution >= 4 is 34.6 Å². The first-order chi connectivity index (χ1) is 6.00. The van der Waals surface area contributed by atoms with Crippen LogP contribution in [0, 0.1) is 11.6 Å². The van der Waals surface area contributed by atoms with E-state index >= 15 is 0 Å². The Morgan fingerprint density at radius 2 is 2.08 bits per heavy atom. The number of hydrogen-bond donors (Lipinski definition) is 2. The van der Waals surface area contributed by atoms with Gasteiger partial charge in [-0.1, -0.05) is 11.6 Å². The number of anilines is 1. The van der Waals surface area contributed by atoms with Crippen molar-refractivity contribution in [3.05, 3.63) is 28.8 Å². The summed E-state index contributed by atoms with van der Waals surface area (Å²) in [5.41, 5.74) is 4.99. The molecule has 0 atom stereocenters. The Labute approximate surface area is 83.7 Å². The number of benzene rings is 1. The van der Waals surface area contributed by atoms with Gasteiger partial charge in [0.25, 0.3) is 0 Å². The Hall–Kier alpha value is -0.940. The van der Waals surface area contributed by atoms with E-state index in [1.807, 2.05) is 0 Å². The molecule has 0 radical (unpaired) electrons. The molecule has 1 aromatic rings. The molecular formula is C7H5ClF2N2S. The van der Waals surface area contributed by atoms with Crippen LogP contribution in [0.5, 0.6) is 0 Å². The van der Waals surface area contributed by atoms with E-state index in [0.29, 0.717) is 6.07 Å². The van der Waals surface area contributed by atoms with Crippen LogP contribution in [0.3, 0.4) is 0 Å². The lowest BCUT2D eigenvalue weighted by Crippen LogP contribution is -2.20. The van der Waals surface area contributed by atoms with Crippen molar-refractivity contribution in [2.24, 2.45) is 5.73 Å². The molecule has 0 saturated carbocycles. The molecule has 3 N–H and O–H groups in total. The Balaban J connectivity index is 3.13. The van der Waals surface area contributed by atoms with Gasteiger partial charge in [-0.15, -0.1) is 0 Å². The fourth-order valence-corrected chi connectivity index (χ4v) is 1.13. The molecule has 0 amide bonds. The number of thiocarbonyl (C=S) groups is 1. The second-order valence-electron chi connectivity index (χ2n) is 2.23. The van der Waals surface area contributed by atoms with Gasteiger partial charge in [-0.3, -0.25) is 0 Å². The van der Waals surface area contributed by atoms with E-state index in [1.54, 1.807) is 0 Å². The number of rotatable bonds is 1. The zero-order valence-corrected chi connectivity index (χ0v) is 7.85. The second-order valence-corrected chi connectivity index (χ2v) is 3.08. The van der Waals surface area contributed by atoms with Gasteiger partial charge in [-0.25, -0.2) is 8.78 Å². The summed E-state index contributed by atoms with van der Waals surface area (Å²) in [4.78, 5) is 0. The van der Waals surface area contributed by atoms with Gasteiger partial charge in [-0.05, 0) is 18.3 Å². The first-order valence-electron chi connectivity index (χ1n) is 3.21. The quantitative estimate of drug-likeness (QED) is 0.716. The van der Waals surface area contributed by atoms with Gasteiger partial charge in [0.15, 0.2) is 10.9 Å². The summed E-state index contributed by atoms with van der Waals surface area (Å²) in [5, 5.41) is 2.07. The summed E-state index contributed by atoms with van der Waals surface area (Å²) in [5.74, 6) is -1.59. The lowest BCUT2D eigenvalue weighted by Gasteiger charge is -2.06. The van der Waals surface area contributed by atoms with Crippen LogP contribution in [0.15, 0.2) is 12.1 Å². The number of hydrogen-bond acceptors (Lipinski definition) is 1. The van der Waals surface area contributed by atoms with Crippen LogP contribution in [0.4, 0.5) is 14.5 Å². The monoisotopic (exact) mass is 222 g/mol. The molecule has 13 heavy (non-hydrogen) atoms. The largest absolute Gasteiger partial charge is 0.376 e. The third-order valence-electron chi connectivity index (χ3n) is 1.26. The average Bonchev–Trinajstić information content (AvgIpc) is 1.96. The van der Waals surface area contributed by atoms with Crippen molar-refractivity contribution in [3.8, 4) is 0 Å². The van der Waals surface area contributed by atoms with Crippen molar-refractivity contribution in [2.75, 3.05) is 5.32 Å². The molecular weight excluding hydrogens is 218 g/mol. The first-order valence-corrected chi connectivity index (χ1v) is 4.00. The van der Waals surface area contributed by atoms with Gasteiger partial charge in [0.2, 0.25) is 0 Å². The summed E-state index contributed by atoms with van der Waals surface area (Å²) >= 11 is 10.00. The summed E-state index contributed by atoms with van der Waals surface area (Å²) < 4.78 is 25.5. The van der Waals surface area contributed by atoms with Gasteiger partial charge < -0.3 is 11.1 Å². The number of nitrogens with two attached hydrogens (primary N) is 1. The van der Waals surface area contributed by atoms with Crippen molar-refractivity contribution in [2.45, 2.75) is 0 Å². The maximum absolute atomic E-state index is 13.0. The molecule has 0 unspecified atom stereocenters. The molecule has 0 fully saturated rings. The predicted octanol–water partition coefficient (Wildman–Crippen LogP) is 2.27. The predicted molar refractivity (Wildman–Crippen MR) is 51.8 cm³/mol. The second kappa shape index (κ2) is 3.85. The minimum atomic E-state index is -0.835. The van der Waals surface area contributed by atoms with Crippen LogP contribution in [0.25, 0.3) is 0 Å². The molecule has 0 heterocycles. The fraction of sp³-hybridized carbons (Fsp3) is 0. The minimum absolute atomic E-state index is 0.106. The normalized spacial score (nSPS) is 9.77. The molecule has 0 bridgehead atoms. The highest BCUT2D eigenvalue weighted by Crippen LogP contribution is 2.25. The maximum Gasteiger partial charge on any atom is 0.168 e. The zero-order chi connectivity index (χ0) is 10.0. The zero-order valence-electron chi connectivity index (χ0n) is 6.27. The molecule has 0 saturated heterocycles. The molecule has 6 heteroatoms. The number of nitrogens with one attached hydrogen (secondary N) is 1. The standard InChI is InChI=1S/C7H5ClF2N2S/c8-4-1-3(9)2-5(10)6(4)12-7(11)13/h1-2H,(H3,11,12,13). The summed E-state index contributed by atoms with van der Waals surface area (Å²) in [7, 11) is 0. The molecule has 2 nitrogen and oxygen atoms in total. The van der Waals surface area contributed by atoms with E-state index in [2.05, 4.69) is 17.5 Å². The Bertz CT molecular complexity index is 333. The van der Waals surface area contributed by atoms with Gasteiger partial charge in [0.1, 0.15) is 5.82 Å². The topological polar surface area (TPSA) is 38.0 Å². The molecule has 0 aliphatic rings. The minimum Gasteiger partial charge on any atom is -0.376 e. The molecule has 1 aromatic carbocycles. The van der Waals surface area contributed by atoms with E-state index in [9.17, 15) is 8.78 Å². The SMILES string of the molecule is NC(=S)Nc1c(F)cc(F)cc1Cl. The Morgan fingerprint density at radius 1 is 1.46 bits per heavy atom. The van der Waals surface area contributed by atoms with E-state index in [-0.39, 0.29) is 15.8 Å². The van der Waals surface area contributed by atoms with Crippen LogP contribution < -0.4 is 11.1 Å². The van der Waals surface area contributed by atoms with Gasteiger partial charge >= 0.3 is 0 Å². The van der Waals surface area contributed by atoms with E-state index in [0.717, 1.165) is 6.07 Å². The highest BCUT2D eigenvalue weighted by molar-refractivity contribution is 7.80. The highest BCUT2D eigenvalue weighted by Gasteiger charge is 2.09. The maximum atomic E-state index is 13.0. The molecule has 70 valence electrons. The van der Waals surface area contributed by atoms with E-state index < -0.39 is 11.6 Å². The molecule has 0 spiro atoms. The van der Waals surface area contributed by atoms with Crippen molar-refractivity contribution in [1.29, 1.82) is 0 Å². The van der Waals surface area contributed by atoms with Crippen molar-refractivity contribution < 1.29 is 8.78 Å². The Kier molecular flexibility index (Phi) is 3.00. The van der Waals surface area contributed by atoms with Crippen LogP contribution in [-0.4, -0.2) is 5.11 Å². The lowest BCUT2D eigenvalue weighted by molar-refractivity contribution is 0.586. The van der Waals surface area contributed by atoms with Crippen LogP contribution in [-0.2, 0) is 0 Å². The summed E-state index contributed by atoms with van der Waals surface area (Å²) in [6.07, 6.45) is 0. The average molecular weight is 223 g/mol. The Morgan fingerprint density at radius 3 is 2.54 bits per heavy atom. The molecule has 1 rings (SSSR count). The van der Waals surface area contributed by atoms with E-state index in [4.69, 9.17) is 17.3 Å². The smallest absolute Gasteiger partial charge is 0.168 e. The molecule has 0 aliphatic carbocycles. The lowest BCUT2D eigenvalue weighted by atomic mass is 10.3. The van der Waals surface area contributed by atoms with Crippen molar-refractivity contribution in [3.63, 3.8) is 0 Å².